The van der Waals surface area contributed by atoms with Crippen molar-refractivity contribution in [2.75, 3.05) is 18.0 Å². The molecule has 1 aromatic carbocycles. The molecule has 2 atom stereocenters. The summed E-state index contributed by atoms with van der Waals surface area (Å²) >= 11 is 0. The Kier molecular flexibility index (Phi) is 4.25. The van der Waals surface area contributed by atoms with Gasteiger partial charge in [0.25, 0.3) is 0 Å². The second kappa shape index (κ2) is 6.13. The van der Waals surface area contributed by atoms with E-state index >= 15 is 0 Å². The average Bonchev–Trinajstić information content (AvgIpc) is 2.48. The third-order valence-electron chi connectivity index (χ3n) is 4.96. The lowest BCUT2D eigenvalue weighted by atomic mass is 9.82. The molecule has 1 saturated carbocycles. The molecule has 3 rings (SSSR count). The van der Waals surface area contributed by atoms with Crippen molar-refractivity contribution in [3.05, 3.63) is 30.1 Å². The minimum absolute atomic E-state index is 0.137. The van der Waals surface area contributed by atoms with Gasteiger partial charge in [0.05, 0.1) is 0 Å². The molecule has 1 aromatic rings. The highest BCUT2D eigenvalue weighted by Crippen LogP contribution is 2.30. The zero-order valence-corrected chi connectivity index (χ0v) is 12.3. The second-order valence-corrected chi connectivity index (χ2v) is 6.39. The minimum Gasteiger partial charge on any atom is -0.366 e. The highest BCUT2D eigenvalue weighted by Gasteiger charge is 2.31. The Hall–Kier alpha value is -1.09. The number of halogens is 1. The van der Waals surface area contributed by atoms with E-state index in [0.717, 1.165) is 24.7 Å². The maximum absolute atomic E-state index is 13.5. The lowest BCUT2D eigenvalue weighted by Crippen LogP contribution is -2.58. The van der Waals surface area contributed by atoms with Gasteiger partial charge in [0.2, 0.25) is 0 Å². The minimum atomic E-state index is -0.137. The summed E-state index contributed by atoms with van der Waals surface area (Å²) in [5.74, 6) is 0.662. The van der Waals surface area contributed by atoms with Gasteiger partial charge in [-0.1, -0.05) is 25.3 Å². The third-order valence-corrected chi connectivity index (χ3v) is 4.96. The summed E-state index contributed by atoms with van der Waals surface area (Å²) in [7, 11) is 0. The quantitative estimate of drug-likeness (QED) is 0.888. The molecule has 20 heavy (non-hydrogen) atoms. The fourth-order valence-electron chi connectivity index (χ4n) is 3.76. The van der Waals surface area contributed by atoms with E-state index in [-0.39, 0.29) is 5.82 Å². The molecular formula is C17H25FN2. The Morgan fingerprint density at radius 3 is 2.75 bits per heavy atom. The van der Waals surface area contributed by atoms with Crippen molar-refractivity contribution < 1.29 is 4.39 Å². The van der Waals surface area contributed by atoms with Crippen LogP contribution in [0.4, 0.5) is 10.1 Å². The van der Waals surface area contributed by atoms with Crippen LogP contribution in [0.3, 0.4) is 0 Å². The number of nitrogens with one attached hydrogen (secondary N) is 1. The van der Waals surface area contributed by atoms with Crippen LogP contribution in [-0.4, -0.2) is 25.2 Å². The molecule has 2 nitrogen and oxygen atoms in total. The predicted molar refractivity (Wildman–Crippen MR) is 81.6 cm³/mol. The van der Waals surface area contributed by atoms with Crippen LogP contribution in [0.1, 0.15) is 39.0 Å². The van der Waals surface area contributed by atoms with E-state index in [0.29, 0.717) is 12.1 Å². The van der Waals surface area contributed by atoms with Crippen LogP contribution < -0.4 is 10.2 Å². The molecule has 0 aromatic heterocycles. The maximum Gasteiger partial charge on any atom is 0.125 e. The number of hydrogen-bond donors (Lipinski definition) is 1. The molecule has 2 unspecified atom stereocenters. The Balaban J connectivity index is 1.72. The summed E-state index contributed by atoms with van der Waals surface area (Å²) in [6.45, 7) is 4.22. The molecule has 3 heteroatoms. The number of anilines is 1. The van der Waals surface area contributed by atoms with Gasteiger partial charge in [-0.05, 0) is 43.9 Å². The average molecular weight is 276 g/mol. The van der Waals surface area contributed by atoms with E-state index in [1.54, 1.807) is 6.07 Å². The zero-order chi connectivity index (χ0) is 13.9. The molecule has 0 amide bonds. The van der Waals surface area contributed by atoms with Crippen molar-refractivity contribution >= 4 is 5.69 Å². The van der Waals surface area contributed by atoms with Crippen LogP contribution in [0.5, 0.6) is 0 Å². The Labute approximate surface area is 121 Å². The number of rotatable bonds is 2. The van der Waals surface area contributed by atoms with Crippen molar-refractivity contribution in [1.29, 1.82) is 0 Å². The summed E-state index contributed by atoms with van der Waals surface area (Å²) in [4.78, 5) is 2.37. The molecule has 110 valence electrons. The molecule has 0 bridgehead atoms. The van der Waals surface area contributed by atoms with Gasteiger partial charge >= 0.3 is 0 Å². The lowest BCUT2D eigenvalue weighted by molar-refractivity contribution is 0.245. The number of benzene rings is 1. The van der Waals surface area contributed by atoms with Gasteiger partial charge in [0.15, 0.2) is 0 Å². The van der Waals surface area contributed by atoms with E-state index in [1.807, 2.05) is 12.1 Å². The Morgan fingerprint density at radius 1 is 1.20 bits per heavy atom. The van der Waals surface area contributed by atoms with Crippen molar-refractivity contribution in [3.8, 4) is 0 Å². The Bertz CT molecular complexity index is 442. The molecular weight excluding hydrogens is 251 g/mol. The fraction of sp³-hybridized carbons (Fsp3) is 0.647. The molecule has 1 heterocycles. The molecule has 2 fully saturated rings. The van der Waals surface area contributed by atoms with Crippen molar-refractivity contribution in [2.45, 2.75) is 51.1 Å². The summed E-state index contributed by atoms with van der Waals surface area (Å²) in [6, 6.07) is 8.03. The fourth-order valence-corrected chi connectivity index (χ4v) is 3.76. The van der Waals surface area contributed by atoms with E-state index in [1.165, 1.54) is 38.2 Å². The number of hydrogen-bond acceptors (Lipinski definition) is 2. The highest BCUT2D eigenvalue weighted by atomic mass is 19.1. The molecule has 0 radical (unpaired) electrons. The van der Waals surface area contributed by atoms with Crippen molar-refractivity contribution in [2.24, 2.45) is 5.92 Å². The monoisotopic (exact) mass is 276 g/mol. The van der Waals surface area contributed by atoms with Crippen molar-refractivity contribution in [3.63, 3.8) is 0 Å². The first-order valence-corrected chi connectivity index (χ1v) is 7.99. The van der Waals surface area contributed by atoms with Gasteiger partial charge in [-0.15, -0.1) is 0 Å². The zero-order valence-electron chi connectivity index (χ0n) is 12.3. The second-order valence-electron chi connectivity index (χ2n) is 6.39. The third kappa shape index (κ3) is 2.98. The van der Waals surface area contributed by atoms with E-state index in [4.69, 9.17) is 0 Å². The van der Waals surface area contributed by atoms with Crippen LogP contribution in [0, 0.1) is 11.7 Å². The summed E-state index contributed by atoms with van der Waals surface area (Å²) in [5, 5.41) is 3.72. The van der Waals surface area contributed by atoms with Gasteiger partial charge in [-0.2, -0.15) is 0 Å². The van der Waals surface area contributed by atoms with Crippen molar-refractivity contribution in [1.82, 2.24) is 5.32 Å². The van der Waals surface area contributed by atoms with Crippen LogP contribution >= 0.6 is 0 Å². The van der Waals surface area contributed by atoms with Crippen LogP contribution in [-0.2, 0) is 0 Å². The van der Waals surface area contributed by atoms with Gasteiger partial charge in [-0.3, -0.25) is 0 Å². The molecule has 1 N–H and O–H groups in total. The first kappa shape index (κ1) is 13.9. The number of piperazine rings is 1. The molecule has 0 spiro atoms. The number of nitrogens with zero attached hydrogens (tertiary/aromatic N) is 1. The highest BCUT2D eigenvalue weighted by molar-refractivity contribution is 5.48. The summed E-state index contributed by atoms with van der Waals surface area (Å²) in [5.41, 5.74) is 1.03. The largest absolute Gasteiger partial charge is 0.366 e. The van der Waals surface area contributed by atoms with Crippen LogP contribution in [0.15, 0.2) is 24.3 Å². The Morgan fingerprint density at radius 2 is 2.00 bits per heavy atom. The smallest absolute Gasteiger partial charge is 0.125 e. The van der Waals surface area contributed by atoms with Gasteiger partial charge in [0.1, 0.15) is 5.82 Å². The molecule has 1 saturated heterocycles. The van der Waals surface area contributed by atoms with Crippen LogP contribution in [0.25, 0.3) is 0 Å². The standard InChI is InChI=1S/C17H25FN2/c1-13-11-19-17(14-6-3-2-4-7-14)12-20(13)16-9-5-8-15(18)10-16/h5,8-10,13-14,17,19H,2-4,6-7,11-12H2,1H3. The molecule has 2 aliphatic rings. The summed E-state index contributed by atoms with van der Waals surface area (Å²) in [6.07, 6.45) is 6.84. The van der Waals surface area contributed by atoms with Gasteiger partial charge in [-0.25, -0.2) is 4.39 Å². The summed E-state index contributed by atoms with van der Waals surface area (Å²) < 4.78 is 13.5. The predicted octanol–water partition coefficient (Wildman–Crippen LogP) is 3.57. The van der Waals surface area contributed by atoms with E-state index in [2.05, 4.69) is 17.1 Å². The first-order chi connectivity index (χ1) is 9.74. The first-order valence-electron chi connectivity index (χ1n) is 7.99. The van der Waals surface area contributed by atoms with E-state index in [9.17, 15) is 4.39 Å². The SMILES string of the molecule is CC1CNC(C2CCCCC2)CN1c1cccc(F)c1. The van der Waals surface area contributed by atoms with Gasteiger partial charge < -0.3 is 10.2 Å². The topological polar surface area (TPSA) is 15.3 Å². The maximum atomic E-state index is 13.5. The van der Waals surface area contributed by atoms with E-state index < -0.39 is 0 Å². The molecule has 1 aliphatic carbocycles. The van der Waals surface area contributed by atoms with Crippen LogP contribution in [0.2, 0.25) is 0 Å². The normalized spacial score (nSPS) is 28.6. The van der Waals surface area contributed by atoms with Gasteiger partial charge in [0, 0.05) is 30.9 Å². The molecule has 1 aliphatic heterocycles. The lowest BCUT2D eigenvalue weighted by Gasteiger charge is -2.44.